The molecule has 5 nitrogen and oxygen atoms in total. The number of aryl methyl sites for hydroxylation is 1. The van der Waals surface area contributed by atoms with Crippen molar-refractivity contribution in [3.8, 4) is 10.6 Å². The van der Waals surface area contributed by atoms with Gasteiger partial charge in [0.1, 0.15) is 5.01 Å². The van der Waals surface area contributed by atoms with Crippen LogP contribution in [-0.2, 0) is 13.6 Å². The van der Waals surface area contributed by atoms with Gasteiger partial charge in [0.2, 0.25) is 5.78 Å². The van der Waals surface area contributed by atoms with Gasteiger partial charge in [0.25, 0.3) is 0 Å². The molecule has 1 aliphatic heterocycles. The van der Waals surface area contributed by atoms with Crippen LogP contribution in [0.2, 0.25) is 0 Å². The van der Waals surface area contributed by atoms with Crippen molar-refractivity contribution in [1.29, 1.82) is 0 Å². The van der Waals surface area contributed by atoms with Crippen molar-refractivity contribution >= 4 is 17.1 Å². The first kappa shape index (κ1) is 17.1. The highest BCUT2D eigenvalue weighted by molar-refractivity contribution is 7.15. The second-order valence-electron chi connectivity index (χ2n) is 6.80. The highest BCUT2D eigenvalue weighted by atomic mass is 32.1. The van der Waals surface area contributed by atoms with Crippen LogP contribution in [-0.4, -0.2) is 38.3 Å². The van der Waals surface area contributed by atoms with Gasteiger partial charge in [-0.1, -0.05) is 30.3 Å². The number of Topliss-reactive ketones (excluding diaryl/α,β-unsaturated/α-hetero) is 1. The number of benzene rings is 1. The van der Waals surface area contributed by atoms with Crippen LogP contribution in [0, 0.1) is 5.92 Å². The van der Waals surface area contributed by atoms with Crippen LogP contribution in [0.25, 0.3) is 10.6 Å². The van der Waals surface area contributed by atoms with E-state index in [4.69, 9.17) is 0 Å². The molecule has 1 aliphatic rings. The predicted octanol–water partition coefficient (Wildman–Crippen LogP) is 3.64. The van der Waals surface area contributed by atoms with Crippen LogP contribution < -0.4 is 0 Å². The Balaban J connectivity index is 1.42. The van der Waals surface area contributed by atoms with E-state index in [-0.39, 0.29) is 11.7 Å². The van der Waals surface area contributed by atoms with E-state index in [0.29, 0.717) is 5.82 Å². The van der Waals surface area contributed by atoms with E-state index >= 15 is 0 Å². The summed E-state index contributed by atoms with van der Waals surface area (Å²) in [5, 5.41) is 1.05. The molecule has 0 saturated carbocycles. The zero-order valence-electron chi connectivity index (χ0n) is 14.8. The summed E-state index contributed by atoms with van der Waals surface area (Å²) in [6.45, 7) is 2.68. The van der Waals surface area contributed by atoms with Crippen LogP contribution >= 0.6 is 11.3 Å². The molecule has 0 spiro atoms. The van der Waals surface area contributed by atoms with E-state index in [1.54, 1.807) is 17.5 Å². The first-order chi connectivity index (χ1) is 12.7. The zero-order valence-corrected chi connectivity index (χ0v) is 15.7. The molecule has 0 amide bonds. The fraction of sp³-hybridized carbons (Fsp3) is 0.350. The summed E-state index contributed by atoms with van der Waals surface area (Å²) in [6, 6.07) is 10.3. The maximum absolute atomic E-state index is 12.7. The molecule has 1 atom stereocenters. The third-order valence-electron chi connectivity index (χ3n) is 4.87. The number of rotatable bonds is 5. The SMILES string of the molecule is Cn1ccnc1C(=O)[C@@H]1CCCN(Cc2cnc(-c3ccccc3)s2)C1. The lowest BCUT2D eigenvalue weighted by atomic mass is 9.93. The highest BCUT2D eigenvalue weighted by Crippen LogP contribution is 2.27. The molecule has 1 saturated heterocycles. The first-order valence-electron chi connectivity index (χ1n) is 8.95. The number of likely N-dealkylation sites (tertiary alicyclic amines) is 1. The molecule has 1 aromatic carbocycles. The summed E-state index contributed by atoms with van der Waals surface area (Å²) >= 11 is 1.74. The molecule has 4 rings (SSSR count). The minimum absolute atomic E-state index is 0.0337. The minimum Gasteiger partial charge on any atom is -0.332 e. The maximum Gasteiger partial charge on any atom is 0.202 e. The Morgan fingerprint density at radius 3 is 2.88 bits per heavy atom. The molecule has 0 radical (unpaired) electrons. The van der Waals surface area contributed by atoms with Gasteiger partial charge < -0.3 is 4.57 Å². The summed E-state index contributed by atoms with van der Waals surface area (Å²) in [4.78, 5) is 25.2. The van der Waals surface area contributed by atoms with Crippen LogP contribution in [0.3, 0.4) is 0 Å². The van der Waals surface area contributed by atoms with Gasteiger partial charge in [-0.3, -0.25) is 9.69 Å². The average Bonchev–Trinajstić information content (AvgIpc) is 3.31. The summed E-state index contributed by atoms with van der Waals surface area (Å²) < 4.78 is 1.82. The topological polar surface area (TPSA) is 51.0 Å². The van der Waals surface area contributed by atoms with Gasteiger partial charge in [-0.2, -0.15) is 0 Å². The van der Waals surface area contributed by atoms with E-state index in [0.717, 1.165) is 43.0 Å². The Morgan fingerprint density at radius 2 is 2.12 bits per heavy atom. The molecule has 0 unspecified atom stereocenters. The Bertz CT molecular complexity index is 886. The van der Waals surface area contributed by atoms with Crippen molar-refractivity contribution in [1.82, 2.24) is 19.4 Å². The van der Waals surface area contributed by atoms with Crippen molar-refractivity contribution in [3.63, 3.8) is 0 Å². The van der Waals surface area contributed by atoms with Crippen molar-refractivity contribution in [3.05, 3.63) is 59.6 Å². The summed E-state index contributed by atoms with van der Waals surface area (Å²) in [5.41, 5.74) is 1.16. The van der Waals surface area contributed by atoms with Gasteiger partial charge in [-0.15, -0.1) is 11.3 Å². The lowest BCUT2D eigenvalue weighted by Crippen LogP contribution is -2.38. The second kappa shape index (κ2) is 7.51. The number of thiazole rings is 1. The van der Waals surface area contributed by atoms with Gasteiger partial charge in [-0.05, 0) is 19.4 Å². The number of ketones is 1. The van der Waals surface area contributed by atoms with E-state index in [1.165, 1.54) is 4.88 Å². The standard InChI is InChI=1S/C20H22N4OS/c1-23-11-9-21-19(23)18(25)16-8-5-10-24(13-16)14-17-12-22-20(26-17)15-6-3-2-4-7-15/h2-4,6-7,9,11-12,16H,5,8,10,13-14H2,1H3/t16-/m1/s1. The fourth-order valence-corrected chi connectivity index (χ4v) is 4.47. The molecule has 0 aliphatic carbocycles. The summed E-state index contributed by atoms with van der Waals surface area (Å²) in [6.07, 6.45) is 7.48. The zero-order chi connectivity index (χ0) is 17.9. The number of piperidine rings is 1. The molecule has 6 heteroatoms. The number of carbonyl (C=O) groups excluding carboxylic acids is 1. The average molecular weight is 366 g/mol. The molecule has 134 valence electrons. The largest absolute Gasteiger partial charge is 0.332 e. The highest BCUT2D eigenvalue weighted by Gasteiger charge is 2.28. The Kier molecular flexibility index (Phi) is 4.95. The number of aromatic nitrogens is 3. The van der Waals surface area contributed by atoms with E-state index in [1.807, 2.05) is 42.2 Å². The second-order valence-corrected chi connectivity index (χ2v) is 7.91. The van der Waals surface area contributed by atoms with Gasteiger partial charge in [-0.25, -0.2) is 9.97 Å². The lowest BCUT2D eigenvalue weighted by Gasteiger charge is -2.31. The van der Waals surface area contributed by atoms with Crippen LogP contribution in [0.15, 0.2) is 48.9 Å². The van der Waals surface area contributed by atoms with Gasteiger partial charge >= 0.3 is 0 Å². The van der Waals surface area contributed by atoms with Crippen molar-refractivity contribution in [2.24, 2.45) is 13.0 Å². The molecular weight excluding hydrogens is 344 g/mol. The van der Waals surface area contributed by atoms with Crippen LogP contribution in [0.5, 0.6) is 0 Å². The normalized spacial score (nSPS) is 18.1. The minimum atomic E-state index is 0.0337. The predicted molar refractivity (Wildman–Crippen MR) is 103 cm³/mol. The maximum atomic E-state index is 12.7. The molecule has 2 aromatic heterocycles. The molecule has 3 heterocycles. The molecule has 1 fully saturated rings. The van der Waals surface area contributed by atoms with E-state index < -0.39 is 0 Å². The van der Waals surface area contributed by atoms with Crippen molar-refractivity contribution < 1.29 is 4.79 Å². The molecular formula is C20H22N4OS. The molecule has 3 aromatic rings. The molecule has 26 heavy (non-hydrogen) atoms. The smallest absolute Gasteiger partial charge is 0.202 e. The van der Waals surface area contributed by atoms with Crippen molar-refractivity contribution in [2.75, 3.05) is 13.1 Å². The van der Waals surface area contributed by atoms with Gasteiger partial charge in [0, 0.05) is 55.1 Å². The Hall–Kier alpha value is -2.31. The van der Waals surface area contributed by atoms with Crippen LogP contribution in [0.1, 0.15) is 28.3 Å². The number of hydrogen-bond acceptors (Lipinski definition) is 5. The Morgan fingerprint density at radius 1 is 1.27 bits per heavy atom. The van der Waals surface area contributed by atoms with Crippen LogP contribution in [0.4, 0.5) is 0 Å². The fourth-order valence-electron chi connectivity index (χ4n) is 3.51. The summed E-state index contributed by atoms with van der Waals surface area (Å²) in [5.74, 6) is 0.767. The Labute approximate surface area is 157 Å². The third kappa shape index (κ3) is 3.61. The first-order valence-corrected chi connectivity index (χ1v) is 9.76. The molecule has 0 bridgehead atoms. The third-order valence-corrected chi connectivity index (χ3v) is 5.90. The van der Waals surface area contributed by atoms with Gasteiger partial charge in [0.05, 0.1) is 0 Å². The summed E-state index contributed by atoms with van der Waals surface area (Å²) in [7, 11) is 1.88. The molecule has 0 N–H and O–H groups in total. The number of imidazole rings is 1. The van der Waals surface area contributed by atoms with Crippen molar-refractivity contribution in [2.45, 2.75) is 19.4 Å². The van der Waals surface area contributed by atoms with E-state index in [2.05, 4.69) is 27.0 Å². The van der Waals surface area contributed by atoms with E-state index in [9.17, 15) is 4.79 Å². The monoisotopic (exact) mass is 366 g/mol. The van der Waals surface area contributed by atoms with Gasteiger partial charge in [0.15, 0.2) is 5.82 Å². The number of carbonyl (C=O) groups is 1. The quantitative estimate of drug-likeness (QED) is 0.647. The number of nitrogens with zero attached hydrogens (tertiary/aromatic N) is 4. The number of hydrogen-bond donors (Lipinski definition) is 0. The lowest BCUT2D eigenvalue weighted by molar-refractivity contribution is 0.0798.